The number of benzene rings is 1. The molecule has 1 heterocycles. The lowest BCUT2D eigenvalue weighted by Gasteiger charge is -2.00. The fraction of sp³-hybridized carbons (Fsp3) is 0.333. The Kier molecular flexibility index (Phi) is 5.80. The quantitative estimate of drug-likeness (QED) is 0.328. The van der Waals surface area contributed by atoms with Crippen LogP contribution in [0.3, 0.4) is 0 Å². The van der Waals surface area contributed by atoms with Gasteiger partial charge in [-0.3, -0.25) is 0 Å². The van der Waals surface area contributed by atoms with Gasteiger partial charge in [0.05, 0.1) is 12.4 Å². The molecule has 0 radical (unpaired) electrons. The van der Waals surface area contributed by atoms with Crippen molar-refractivity contribution >= 4 is 21.6 Å². The number of oxime groups is 1. The highest BCUT2D eigenvalue weighted by Crippen LogP contribution is 2.24. The molecule has 0 fully saturated rings. The molecule has 2 aromatic rings. The highest BCUT2D eigenvalue weighted by molar-refractivity contribution is 9.09. The molecule has 2 rings (SSSR count). The van der Waals surface area contributed by atoms with E-state index in [1.54, 1.807) is 7.11 Å². The zero-order chi connectivity index (χ0) is 15.1. The summed E-state index contributed by atoms with van der Waals surface area (Å²) in [6.07, 6.45) is 0.907. The maximum atomic E-state index is 5.34. The summed E-state index contributed by atoms with van der Waals surface area (Å²) in [7, 11) is 1.63. The topological polar surface area (TPSA) is 56.9 Å². The minimum Gasteiger partial charge on any atom is -0.497 e. The van der Waals surface area contributed by atoms with Crippen molar-refractivity contribution in [2.45, 2.75) is 13.3 Å². The molecular formula is C15H17BrN2O3. The van der Waals surface area contributed by atoms with E-state index in [1.165, 1.54) is 0 Å². The average Bonchev–Trinajstić information content (AvgIpc) is 3.01. The van der Waals surface area contributed by atoms with Gasteiger partial charge in [0, 0.05) is 11.6 Å². The van der Waals surface area contributed by atoms with Gasteiger partial charge in [-0.05, 0) is 18.6 Å². The molecule has 1 aromatic heterocycles. The van der Waals surface area contributed by atoms with Gasteiger partial charge in [0.15, 0.2) is 5.76 Å². The second-order valence-electron chi connectivity index (χ2n) is 4.31. The van der Waals surface area contributed by atoms with Crippen LogP contribution in [-0.2, 0) is 4.84 Å². The SMILES string of the molecule is CCCO/N=C(\CBr)c1cc(-c2cccc(OC)c2)no1. The largest absolute Gasteiger partial charge is 0.497 e. The number of rotatable bonds is 7. The zero-order valence-corrected chi connectivity index (χ0v) is 13.6. The number of aromatic nitrogens is 1. The van der Waals surface area contributed by atoms with Crippen molar-refractivity contribution in [3.8, 4) is 17.0 Å². The summed E-state index contributed by atoms with van der Waals surface area (Å²) in [5.74, 6) is 1.36. The molecule has 0 atom stereocenters. The maximum absolute atomic E-state index is 5.34. The third kappa shape index (κ3) is 4.07. The fourth-order valence-corrected chi connectivity index (χ4v) is 2.06. The van der Waals surface area contributed by atoms with E-state index in [0.29, 0.717) is 23.4 Å². The third-order valence-electron chi connectivity index (χ3n) is 2.76. The molecule has 0 unspecified atom stereocenters. The number of alkyl halides is 1. The molecule has 6 heteroatoms. The Hall–Kier alpha value is -1.82. The van der Waals surface area contributed by atoms with Crippen molar-refractivity contribution in [3.05, 3.63) is 36.1 Å². The molecule has 0 amide bonds. The van der Waals surface area contributed by atoms with Crippen LogP contribution < -0.4 is 4.74 Å². The van der Waals surface area contributed by atoms with Gasteiger partial charge in [-0.2, -0.15) is 0 Å². The molecule has 112 valence electrons. The van der Waals surface area contributed by atoms with E-state index in [1.807, 2.05) is 37.3 Å². The molecule has 21 heavy (non-hydrogen) atoms. The van der Waals surface area contributed by atoms with Crippen molar-refractivity contribution in [1.29, 1.82) is 0 Å². The molecule has 0 saturated carbocycles. The first kappa shape index (κ1) is 15.6. The predicted molar refractivity (Wildman–Crippen MR) is 85.1 cm³/mol. The molecule has 5 nitrogen and oxygen atoms in total. The Labute approximate surface area is 132 Å². The van der Waals surface area contributed by atoms with Crippen LogP contribution in [0.1, 0.15) is 19.1 Å². The van der Waals surface area contributed by atoms with Crippen LogP contribution >= 0.6 is 15.9 Å². The van der Waals surface area contributed by atoms with Crippen molar-refractivity contribution in [2.24, 2.45) is 5.16 Å². The van der Waals surface area contributed by atoms with Crippen LogP contribution in [0.25, 0.3) is 11.3 Å². The van der Waals surface area contributed by atoms with E-state index < -0.39 is 0 Å². The third-order valence-corrected chi connectivity index (χ3v) is 3.29. The maximum Gasteiger partial charge on any atom is 0.185 e. The van der Waals surface area contributed by atoms with Crippen LogP contribution in [0.2, 0.25) is 0 Å². The molecule has 0 aliphatic heterocycles. The fourth-order valence-electron chi connectivity index (χ4n) is 1.68. The van der Waals surface area contributed by atoms with Gasteiger partial charge in [-0.15, -0.1) is 0 Å². The second-order valence-corrected chi connectivity index (χ2v) is 4.87. The van der Waals surface area contributed by atoms with Crippen molar-refractivity contribution < 1.29 is 14.1 Å². The van der Waals surface area contributed by atoms with E-state index >= 15 is 0 Å². The van der Waals surface area contributed by atoms with Crippen LogP contribution in [0, 0.1) is 0 Å². The lowest BCUT2D eigenvalue weighted by Crippen LogP contribution is -2.02. The molecule has 0 aliphatic carbocycles. The van der Waals surface area contributed by atoms with Gasteiger partial charge in [0.1, 0.15) is 23.8 Å². The van der Waals surface area contributed by atoms with Crippen LogP contribution in [-0.4, -0.2) is 29.9 Å². The molecule has 0 aliphatic rings. The van der Waals surface area contributed by atoms with Crippen LogP contribution in [0.4, 0.5) is 0 Å². The minimum absolute atomic E-state index is 0.531. The summed E-state index contributed by atoms with van der Waals surface area (Å²) >= 11 is 3.37. The number of hydrogen-bond donors (Lipinski definition) is 0. The summed E-state index contributed by atoms with van der Waals surface area (Å²) in [6.45, 7) is 2.60. The summed E-state index contributed by atoms with van der Waals surface area (Å²) in [5, 5.41) is 8.66. The standard InChI is InChI=1S/C15H17BrN2O3/c1-3-7-20-17-14(10-16)15-9-13(18-21-15)11-5-4-6-12(8-11)19-2/h4-6,8-9H,3,7,10H2,1-2H3/b17-14+. The molecule has 0 N–H and O–H groups in total. The van der Waals surface area contributed by atoms with Gasteiger partial charge in [0.2, 0.25) is 0 Å². The highest BCUT2D eigenvalue weighted by atomic mass is 79.9. The highest BCUT2D eigenvalue weighted by Gasteiger charge is 2.12. The molecule has 0 bridgehead atoms. The normalized spacial score (nSPS) is 11.5. The van der Waals surface area contributed by atoms with E-state index in [0.717, 1.165) is 23.4 Å². The minimum atomic E-state index is 0.531. The number of ether oxygens (including phenoxy) is 1. The number of halogens is 1. The zero-order valence-electron chi connectivity index (χ0n) is 12.0. The second kappa shape index (κ2) is 7.83. The smallest absolute Gasteiger partial charge is 0.185 e. The first-order valence-electron chi connectivity index (χ1n) is 6.64. The van der Waals surface area contributed by atoms with Crippen molar-refractivity contribution in [1.82, 2.24) is 5.16 Å². The van der Waals surface area contributed by atoms with Gasteiger partial charge in [-0.1, -0.05) is 45.3 Å². The Morgan fingerprint density at radius 1 is 1.38 bits per heavy atom. The van der Waals surface area contributed by atoms with E-state index in [9.17, 15) is 0 Å². The molecule has 1 aromatic carbocycles. The van der Waals surface area contributed by atoms with E-state index in [-0.39, 0.29) is 0 Å². The van der Waals surface area contributed by atoms with Gasteiger partial charge in [-0.25, -0.2) is 0 Å². The summed E-state index contributed by atoms with van der Waals surface area (Å²) < 4.78 is 10.6. The van der Waals surface area contributed by atoms with Gasteiger partial charge >= 0.3 is 0 Å². The lowest BCUT2D eigenvalue weighted by atomic mass is 10.1. The molecular weight excluding hydrogens is 336 g/mol. The Morgan fingerprint density at radius 2 is 2.24 bits per heavy atom. The van der Waals surface area contributed by atoms with E-state index in [4.69, 9.17) is 14.1 Å². The van der Waals surface area contributed by atoms with Crippen molar-refractivity contribution in [2.75, 3.05) is 19.0 Å². The Bertz CT molecular complexity index is 610. The molecule has 0 saturated heterocycles. The van der Waals surface area contributed by atoms with E-state index in [2.05, 4.69) is 26.2 Å². The summed E-state index contributed by atoms with van der Waals surface area (Å²) in [5.41, 5.74) is 2.32. The van der Waals surface area contributed by atoms with Crippen LogP contribution in [0.15, 0.2) is 40.0 Å². The van der Waals surface area contributed by atoms with Gasteiger partial charge in [0.25, 0.3) is 0 Å². The first-order chi connectivity index (χ1) is 10.3. The van der Waals surface area contributed by atoms with Crippen LogP contribution in [0.5, 0.6) is 5.75 Å². The number of methoxy groups -OCH3 is 1. The Morgan fingerprint density at radius 3 is 2.95 bits per heavy atom. The Balaban J connectivity index is 2.21. The molecule has 0 spiro atoms. The lowest BCUT2D eigenvalue weighted by molar-refractivity contribution is 0.144. The monoisotopic (exact) mass is 352 g/mol. The average molecular weight is 353 g/mol. The first-order valence-corrected chi connectivity index (χ1v) is 7.77. The van der Waals surface area contributed by atoms with Crippen molar-refractivity contribution in [3.63, 3.8) is 0 Å². The predicted octanol–water partition coefficient (Wildman–Crippen LogP) is 3.88. The summed E-state index contributed by atoms with van der Waals surface area (Å²) in [6, 6.07) is 9.48. The van der Waals surface area contributed by atoms with Gasteiger partial charge < -0.3 is 14.1 Å². The number of nitrogens with zero attached hydrogens (tertiary/aromatic N) is 2. The summed E-state index contributed by atoms with van der Waals surface area (Å²) in [4.78, 5) is 5.19. The number of hydrogen-bond acceptors (Lipinski definition) is 5.